The summed E-state index contributed by atoms with van der Waals surface area (Å²) in [5, 5.41) is 0. The molecule has 0 saturated carbocycles. The number of hydrogen-bond donors (Lipinski definition) is 0. The van der Waals surface area contributed by atoms with Crippen molar-refractivity contribution in [3.05, 3.63) is 72.9 Å². The van der Waals surface area contributed by atoms with Crippen LogP contribution in [-0.2, 0) is 9.53 Å². The topological polar surface area (TPSA) is 26.3 Å². The zero-order valence-electron chi connectivity index (χ0n) is 19.8. The second-order valence-corrected chi connectivity index (χ2v) is 7.33. The molecular formula is C28H44O2. The van der Waals surface area contributed by atoms with Gasteiger partial charge in [0.15, 0.2) is 0 Å². The van der Waals surface area contributed by atoms with Crippen molar-refractivity contribution < 1.29 is 9.53 Å². The van der Waals surface area contributed by atoms with E-state index in [1.54, 1.807) is 0 Å². The van der Waals surface area contributed by atoms with Gasteiger partial charge in [0.1, 0.15) is 0 Å². The van der Waals surface area contributed by atoms with Gasteiger partial charge in [0, 0.05) is 0 Å². The third-order valence-electron chi connectivity index (χ3n) is 5.17. The zero-order valence-corrected chi connectivity index (χ0v) is 19.8. The van der Waals surface area contributed by atoms with Crippen LogP contribution >= 0.6 is 0 Å². The van der Waals surface area contributed by atoms with Crippen molar-refractivity contribution in [1.82, 2.24) is 0 Å². The summed E-state index contributed by atoms with van der Waals surface area (Å²) in [6.45, 7) is 8.61. The SMILES string of the molecule is CCC=CCC=CCC=CCC=CCC=CCC=CCC(CC)(CC)C(=O)OCC. The molecule has 0 spiro atoms. The maximum atomic E-state index is 12.3. The average Bonchev–Trinajstić information content (AvgIpc) is 2.76. The minimum Gasteiger partial charge on any atom is -0.466 e. The highest BCUT2D eigenvalue weighted by molar-refractivity contribution is 5.77. The summed E-state index contributed by atoms with van der Waals surface area (Å²) in [5.74, 6) is -0.0606. The molecule has 0 aromatic rings. The van der Waals surface area contributed by atoms with Crippen molar-refractivity contribution in [2.24, 2.45) is 5.41 Å². The molecule has 2 nitrogen and oxygen atoms in total. The molecule has 0 aliphatic rings. The van der Waals surface area contributed by atoms with E-state index < -0.39 is 0 Å². The summed E-state index contributed by atoms with van der Waals surface area (Å²) in [5.41, 5.74) is -0.367. The van der Waals surface area contributed by atoms with Crippen molar-refractivity contribution in [3.8, 4) is 0 Å². The Labute approximate surface area is 186 Å². The Kier molecular flexibility index (Phi) is 18.8. The molecule has 0 amide bonds. The number of ether oxygens (including phenoxy) is 1. The van der Waals surface area contributed by atoms with Crippen molar-refractivity contribution in [2.45, 2.75) is 85.5 Å². The Morgan fingerprint density at radius 3 is 1.30 bits per heavy atom. The number of allylic oxidation sites excluding steroid dienone is 12. The molecular weight excluding hydrogens is 368 g/mol. The van der Waals surface area contributed by atoms with Gasteiger partial charge in [-0.1, -0.05) is 93.7 Å². The normalized spacial score (nSPS) is 13.3. The van der Waals surface area contributed by atoms with E-state index in [0.717, 1.165) is 57.8 Å². The van der Waals surface area contributed by atoms with E-state index in [9.17, 15) is 4.79 Å². The standard InChI is InChI=1S/C28H44O2/c1-5-9-10-11-12-13-14-15-16-17-18-19-20-21-22-23-24-25-26-28(6-2,7-3)27(29)30-8-4/h9-10,12-13,15-16,18-19,21-22,24-25H,5-8,11,14,17,20,23,26H2,1-4H3. The fraction of sp³-hybridized carbons (Fsp3) is 0.536. The lowest BCUT2D eigenvalue weighted by Gasteiger charge is -2.27. The second kappa shape index (κ2) is 20.2. The molecule has 0 fully saturated rings. The fourth-order valence-electron chi connectivity index (χ4n) is 3.03. The summed E-state index contributed by atoms with van der Waals surface area (Å²) < 4.78 is 5.27. The number of carbonyl (C=O) groups is 1. The van der Waals surface area contributed by atoms with Gasteiger partial charge in [-0.2, -0.15) is 0 Å². The van der Waals surface area contributed by atoms with Crippen molar-refractivity contribution in [1.29, 1.82) is 0 Å². The monoisotopic (exact) mass is 412 g/mol. The second-order valence-electron chi connectivity index (χ2n) is 7.33. The van der Waals surface area contributed by atoms with Crippen molar-refractivity contribution >= 4 is 5.97 Å². The molecule has 0 heterocycles. The summed E-state index contributed by atoms with van der Waals surface area (Å²) in [6.07, 6.45) is 34.7. The quantitative estimate of drug-likeness (QED) is 0.177. The molecule has 168 valence electrons. The van der Waals surface area contributed by atoms with Crippen LogP contribution in [0.4, 0.5) is 0 Å². The van der Waals surface area contributed by atoms with Gasteiger partial charge in [0.05, 0.1) is 12.0 Å². The molecule has 30 heavy (non-hydrogen) atoms. The van der Waals surface area contributed by atoms with Crippen LogP contribution in [0.5, 0.6) is 0 Å². The maximum absolute atomic E-state index is 12.3. The first kappa shape index (κ1) is 27.9. The van der Waals surface area contributed by atoms with Crippen LogP contribution in [0.3, 0.4) is 0 Å². The van der Waals surface area contributed by atoms with Gasteiger partial charge in [0.2, 0.25) is 0 Å². The van der Waals surface area contributed by atoms with Gasteiger partial charge in [-0.05, 0) is 64.7 Å². The molecule has 2 heteroatoms. The van der Waals surface area contributed by atoms with E-state index in [1.165, 1.54) is 0 Å². The molecule has 0 atom stereocenters. The number of esters is 1. The molecule has 0 aromatic carbocycles. The Bertz CT molecular complexity index is 584. The van der Waals surface area contributed by atoms with Gasteiger partial charge in [-0.15, -0.1) is 0 Å². The molecule has 0 aliphatic carbocycles. The van der Waals surface area contributed by atoms with Crippen LogP contribution in [-0.4, -0.2) is 12.6 Å². The number of carbonyl (C=O) groups excluding carboxylic acids is 1. The van der Waals surface area contributed by atoms with Gasteiger partial charge < -0.3 is 4.74 Å². The molecule has 0 rings (SSSR count). The third kappa shape index (κ3) is 14.0. The lowest BCUT2D eigenvalue weighted by molar-refractivity contribution is -0.155. The fourth-order valence-corrected chi connectivity index (χ4v) is 3.03. The van der Waals surface area contributed by atoms with Gasteiger partial charge in [-0.25, -0.2) is 0 Å². The van der Waals surface area contributed by atoms with Gasteiger partial charge >= 0.3 is 5.97 Å². The lowest BCUT2D eigenvalue weighted by atomic mass is 9.79. The third-order valence-corrected chi connectivity index (χ3v) is 5.17. The molecule has 0 aliphatic heterocycles. The summed E-state index contributed by atoms with van der Waals surface area (Å²) in [7, 11) is 0. The predicted molar refractivity (Wildman–Crippen MR) is 132 cm³/mol. The van der Waals surface area contributed by atoms with Crippen LogP contribution in [0.1, 0.15) is 85.5 Å². The highest BCUT2D eigenvalue weighted by atomic mass is 16.5. The molecule has 0 radical (unpaired) electrons. The van der Waals surface area contributed by atoms with Crippen LogP contribution in [0.15, 0.2) is 72.9 Å². The van der Waals surface area contributed by atoms with Gasteiger partial charge in [-0.3, -0.25) is 4.79 Å². The molecule has 0 bridgehead atoms. The summed E-state index contributed by atoms with van der Waals surface area (Å²) >= 11 is 0. The molecule has 0 aromatic heterocycles. The van der Waals surface area contributed by atoms with Gasteiger partial charge in [0.25, 0.3) is 0 Å². The van der Waals surface area contributed by atoms with Crippen LogP contribution in [0.25, 0.3) is 0 Å². The number of rotatable bonds is 17. The first-order chi connectivity index (χ1) is 14.7. The average molecular weight is 413 g/mol. The maximum Gasteiger partial charge on any atom is 0.312 e. The van der Waals surface area contributed by atoms with E-state index in [-0.39, 0.29) is 11.4 Å². The highest BCUT2D eigenvalue weighted by Crippen LogP contribution is 2.32. The summed E-state index contributed by atoms with van der Waals surface area (Å²) in [4.78, 5) is 12.3. The zero-order chi connectivity index (χ0) is 22.3. The van der Waals surface area contributed by atoms with Crippen LogP contribution in [0, 0.1) is 5.41 Å². The minimum atomic E-state index is -0.367. The van der Waals surface area contributed by atoms with Crippen molar-refractivity contribution in [3.63, 3.8) is 0 Å². The summed E-state index contributed by atoms with van der Waals surface area (Å²) in [6, 6.07) is 0. The highest BCUT2D eigenvalue weighted by Gasteiger charge is 2.34. The van der Waals surface area contributed by atoms with E-state index in [4.69, 9.17) is 4.74 Å². The van der Waals surface area contributed by atoms with E-state index >= 15 is 0 Å². The van der Waals surface area contributed by atoms with E-state index in [2.05, 4.69) is 93.7 Å². The van der Waals surface area contributed by atoms with E-state index in [1.807, 2.05) is 6.92 Å². The molecule has 0 N–H and O–H groups in total. The molecule has 0 unspecified atom stereocenters. The van der Waals surface area contributed by atoms with Crippen LogP contribution in [0.2, 0.25) is 0 Å². The van der Waals surface area contributed by atoms with E-state index in [0.29, 0.717) is 6.61 Å². The first-order valence-electron chi connectivity index (χ1n) is 11.7. The first-order valence-corrected chi connectivity index (χ1v) is 11.7. The Morgan fingerprint density at radius 1 is 0.600 bits per heavy atom. The Balaban J connectivity index is 3.98. The Hall–Kier alpha value is -2.09. The lowest BCUT2D eigenvalue weighted by Crippen LogP contribution is -2.31. The number of hydrogen-bond acceptors (Lipinski definition) is 2. The van der Waals surface area contributed by atoms with Crippen molar-refractivity contribution in [2.75, 3.05) is 6.61 Å². The molecule has 0 saturated heterocycles. The largest absolute Gasteiger partial charge is 0.466 e. The van der Waals surface area contributed by atoms with Crippen LogP contribution < -0.4 is 0 Å². The minimum absolute atomic E-state index is 0.0606. The Morgan fingerprint density at radius 2 is 0.967 bits per heavy atom. The predicted octanol–water partition coefficient (Wildman–Crippen LogP) is 8.44. The smallest absolute Gasteiger partial charge is 0.312 e.